The van der Waals surface area contributed by atoms with E-state index in [-0.39, 0.29) is 0 Å². The molecule has 1 aromatic heterocycles. The van der Waals surface area contributed by atoms with Gasteiger partial charge in [0.2, 0.25) is 0 Å². The number of halogens is 3. The summed E-state index contributed by atoms with van der Waals surface area (Å²) >= 11 is 1.19. The predicted molar refractivity (Wildman–Crippen MR) is 92.0 cm³/mol. The van der Waals surface area contributed by atoms with Gasteiger partial charge in [0.25, 0.3) is 0 Å². The second kappa shape index (κ2) is 7.02. The molecule has 0 aliphatic rings. The van der Waals surface area contributed by atoms with E-state index >= 15 is 0 Å². The fraction of sp³-hybridized carbons (Fsp3) is 0.0588. The van der Waals surface area contributed by atoms with Gasteiger partial charge < -0.3 is 9.93 Å². The largest absolute Gasteiger partial charge is 0.416 e. The van der Waals surface area contributed by atoms with Gasteiger partial charge in [-0.3, -0.25) is 0 Å². The van der Waals surface area contributed by atoms with E-state index in [1.165, 1.54) is 30.3 Å². The highest BCUT2D eigenvalue weighted by molar-refractivity contribution is 8.00. The van der Waals surface area contributed by atoms with Crippen LogP contribution in [-0.4, -0.2) is 16.4 Å². The number of para-hydroxylation sites is 1. The molecule has 0 saturated carbocycles. The Bertz CT molecular complexity index is 911. The molecule has 4 nitrogen and oxygen atoms in total. The number of alkyl halides is 3. The lowest BCUT2D eigenvalue weighted by atomic mass is 10.2. The Morgan fingerprint density at radius 2 is 1.80 bits per heavy atom. The van der Waals surface area contributed by atoms with Gasteiger partial charge in [-0.25, -0.2) is 4.98 Å². The van der Waals surface area contributed by atoms with Crippen molar-refractivity contribution in [1.29, 1.82) is 0 Å². The predicted octanol–water partition coefficient (Wildman–Crippen LogP) is 5.18. The fourth-order valence-corrected chi connectivity index (χ4v) is 2.87. The van der Waals surface area contributed by atoms with Crippen LogP contribution >= 0.6 is 11.9 Å². The third-order valence-corrected chi connectivity index (χ3v) is 4.22. The summed E-state index contributed by atoms with van der Waals surface area (Å²) in [7, 11) is 0. The molecule has 3 rings (SSSR count). The first-order chi connectivity index (χ1) is 12.0. The first kappa shape index (κ1) is 17.1. The van der Waals surface area contributed by atoms with Gasteiger partial charge in [-0.2, -0.15) is 13.2 Å². The van der Waals surface area contributed by atoms with Crippen molar-refractivity contribution in [2.45, 2.75) is 11.1 Å². The quantitative estimate of drug-likeness (QED) is 0.290. The lowest BCUT2D eigenvalue weighted by Crippen LogP contribution is -2.04. The number of nitrogens with zero attached hydrogens (tertiary/aromatic N) is 2. The van der Waals surface area contributed by atoms with Crippen LogP contribution in [0.2, 0.25) is 0 Å². The molecule has 0 amide bonds. The molecule has 8 heteroatoms. The van der Waals surface area contributed by atoms with Gasteiger partial charge in [0.15, 0.2) is 0 Å². The van der Waals surface area contributed by atoms with E-state index in [9.17, 15) is 13.2 Å². The zero-order valence-corrected chi connectivity index (χ0v) is 13.5. The number of pyridine rings is 1. The van der Waals surface area contributed by atoms with Crippen molar-refractivity contribution >= 4 is 34.8 Å². The molecule has 25 heavy (non-hydrogen) atoms. The number of aromatic nitrogens is 1. The molecular weight excluding hydrogens is 351 g/mol. The monoisotopic (exact) mass is 363 g/mol. The van der Waals surface area contributed by atoms with Gasteiger partial charge in [0.05, 0.1) is 28.7 Å². The second-order valence-electron chi connectivity index (χ2n) is 5.08. The van der Waals surface area contributed by atoms with Gasteiger partial charge in [0.1, 0.15) is 0 Å². The lowest BCUT2D eigenvalue weighted by Gasteiger charge is -2.10. The standard InChI is InChI=1S/C17H12F3N3OS/c18-17(19,20)12-5-8-14(9-6-12)25-23-15-3-1-2-11-4-7-13(10-21-24)22-16(11)15/h1-10,23-24H/b21-10+. The molecule has 3 aromatic rings. The van der Waals surface area contributed by atoms with Crippen LogP contribution in [0.25, 0.3) is 10.9 Å². The minimum Gasteiger partial charge on any atom is -0.411 e. The van der Waals surface area contributed by atoms with Crippen LogP contribution in [0.15, 0.2) is 64.6 Å². The molecule has 0 fully saturated rings. The van der Waals surface area contributed by atoms with Crippen LogP contribution in [0.4, 0.5) is 18.9 Å². The van der Waals surface area contributed by atoms with Crippen molar-refractivity contribution in [3.63, 3.8) is 0 Å². The van der Waals surface area contributed by atoms with Crippen molar-refractivity contribution in [2.24, 2.45) is 5.16 Å². The number of hydrogen-bond donors (Lipinski definition) is 2. The Morgan fingerprint density at radius 1 is 1.04 bits per heavy atom. The SMILES string of the molecule is O/N=C/c1ccc2cccc(NSc3ccc(C(F)(F)F)cc3)c2n1. The minimum absolute atomic E-state index is 0.490. The van der Waals surface area contributed by atoms with Gasteiger partial charge in [-0.15, -0.1) is 0 Å². The molecule has 0 atom stereocenters. The van der Waals surface area contributed by atoms with E-state index in [0.717, 1.165) is 17.5 Å². The Hall–Kier alpha value is -2.74. The van der Waals surface area contributed by atoms with Crippen molar-refractivity contribution in [1.82, 2.24) is 4.98 Å². The minimum atomic E-state index is -4.35. The van der Waals surface area contributed by atoms with Gasteiger partial charge in [-0.1, -0.05) is 23.4 Å². The number of benzene rings is 2. The summed E-state index contributed by atoms with van der Waals surface area (Å²) in [5, 5.41) is 12.5. The highest BCUT2D eigenvalue weighted by Crippen LogP contribution is 2.32. The van der Waals surface area contributed by atoms with Crippen molar-refractivity contribution in [2.75, 3.05) is 4.72 Å². The zero-order valence-electron chi connectivity index (χ0n) is 12.7. The normalized spacial score (nSPS) is 12.0. The van der Waals surface area contributed by atoms with Crippen molar-refractivity contribution in [3.8, 4) is 0 Å². The van der Waals surface area contributed by atoms with Crippen LogP contribution in [0.3, 0.4) is 0 Å². The second-order valence-corrected chi connectivity index (χ2v) is 5.96. The Morgan fingerprint density at radius 3 is 2.48 bits per heavy atom. The highest BCUT2D eigenvalue weighted by Gasteiger charge is 2.29. The van der Waals surface area contributed by atoms with Gasteiger partial charge in [-0.05, 0) is 48.3 Å². The van der Waals surface area contributed by atoms with Crippen LogP contribution in [0, 0.1) is 0 Å². The van der Waals surface area contributed by atoms with E-state index in [4.69, 9.17) is 5.21 Å². The Balaban J connectivity index is 1.82. The number of nitrogens with one attached hydrogen (secondary N) is 1. The van der Waals surface area contributed by atoms with Crippen LogP contribution < -0.4 is 4.72 Å². The average molecular weight is 363 g/mol. The molecule has 128 valence electrons. The maximum absolute atomic E-state index is 12.6. The number of oxime groups is 1. The first-order valence-corrected chi connectivity index (χ1v) is 7.96. The summed E-state index contributed by atoms with van der Waals surface area (Å²) < 4.78 is 40.9. The Kier molecular flexibility index (Phi) is 4.80. The molecule has 0 spiro atoms. The maximum Gasteiger partial charge on any atom is 0.416 e. The molecule has 2 aromatic carbocycles. The number of fused-ring (bicyclic) bond motifs is 1. The van der Waals surface area contributed by atoms with E-state index in [2.05, 4.69) is 14.9 Å². The molecule has 1 heterocycles. The summed E-state index contributed by atoms with van der Waals surface area (Å²) in [6.07, 6.45) is -3.12. The van der Waals surface area contributed by atoms with Crippen LogP contribution in [-0.2, 0) is 6.18 Å². The third kappa shape index (κ3) is 4.03. The number of hydrogen-bond acceptors (Lipinski definition) is 5. The summed E-state index contributed by atoms with van der Waals surface area (Å²) in [6.45, 7) is 0. The summed E-state index contributed by atoms with van der Waals surface area (Å²) in [5.74, 6) is 0. The maximum atomic E-state index is 12.6. The van der Waals surface area contributed by atoms with Gasteiger partial charge >= 0.3 is 6.18 Å². The number of rotatable bonds is 4. The molecule has 0 saturated heterocycles. The zero-order chi connectivity index (χ0) is 17.9. The molecular formula is C17H12F3N3OS. The topological polar surface area (TPSA) is 57.5 Å². The highest BCUT2D eigenvalue weighted by atomic mass is 32.2. The molecule has 0 radical (unpaired) electrons. The van der Waals surface area contributed by atoms with Crippen molar-refractivity contribution in [3.05, 3.63) is 65.9 Å². The van der Waals surface area contributed by atoms with E-state index in [0.29, 0.717) is 21.8 Å². The molecule has 0 aliphatic heterocycles. The van der Waals surface area contributed by atoms with E-state index in [1.54, 1.807) is 6.07 Å². The molecule has 0 bridgehead atoms. The van der Waals surface area contributed by atoms with Crippen LogP contribution in [0.1, 0.15) is 11.3 Å². The summed E-state index contributed by atoms with van der Waals surface area (Å²) in [6, 6.07) is 14.0. The molecule has 0 aliphatic carbocycles. The Labute approximate surface area is 145 Å². The third-order valence-electron chi connectivity index (χ3n) is 3.39. The summed E-state index contributed by atoms with van der Waals surface area (Å²) in [5.41, 5.74) is 1.18. The smallest absolute Gasteiger partial charge is 0.411 e. The summed E-state index contributed by atoms with van der Waals surface area (Å²) in [4.78, 5) is 5.03. The van der Waals surface area contributed by atoms with E-state index in [1.807, 2.05) is 24.3 Å². The van der Waals surface area contributed by atoms with Gasteiger partial charge in [0, 0.05) is 10.3 Å². The molecule has 0 unspecified atom stereocenters. The fourth-order valence-electron chi connectivity index (χ4n) is 2.20. The first-order valence-electron chi connectivity index (χ1n) is 7.15. The van der Waals surface area contributed by atoms with Crippen molar-refractivity contribution < 1.29 is 18.4 Å². The number of anilines is 1. The average Bonchev–Trinajstić information content (AvgIpc) is 2.60. The van der Waals surface area contributed by atoms with E-state index < -0.39 is 11.7 Å². The van der Waals surface area contributed by atoms with Crippen LogP contribution in [0.5, 0.6) is 0 Å². The lowest BCUT2D eigenvalue weighted by molar-refractivity contribution is -0.137. The molecule has 2 N–H and O–H groups in total.